The summed E-state index contributed by atoms with van der Waals surface area (Å²) in [5, 5.41) is 0.204. The average Bonchev–Trinajstić information content (AvgIpc) is 2.60. The van der Waals surface area contributed by atoms with Crippen LogP contribution in [0.3, 0.4) is 0 Å². The number of hydrogen-bond acceptors (Lipinski definition) is 4. The van der Waals surface area contributed by atoms with Crippen LogP contribution in [0.5, 0.6) is 0 Å². The van der Waals surface area contributed by atoms with Gasteiger partial charge in [-0.1, -0.05) is 25.4 Å². The van der Waals surface area contributed by atoms with E-state index in [1.54, 1.807) is 13.8 Å². The van der Waals surface area contributed by atoms with Crippen LogP contribution in [0.15, 0.2) is 12.1 Å². The van der Waals surface area contributed by atoms with Gasteiger partial charge < -0.3 is 0 Å². The molecule has 2 rings (SSSR count). The lowest BCUT2D eigenvalue weighted by atomic mass is 10.00. The lowest BCUT2D eigenvalue weighted by molar-refractivity contribution is -0.143. The minimum absolute atomic E-state index is 0.0885. The third-order valence-corrected chi connectivity index (χ3v) is 3.89. The van der Waals surface area contributed by atoms with Gasteiger partial charge in [-0.3, -0.25) is 9.59 Å². The summed E-state index contributed by atoms with van der Waals surface area (Å²) in [4.78, 5) is 27.3. The van der Waals surface area contributed by atoms with E-state index in [0.29, 0.717) is 0 Å². The van der Waals surface area contributed by atoms with Gasteiger partial charge in [0, 0.05) is 11.8 Å². The number of rotatable bonds is 3. The van der Waals surface area contributed by atoms with E-state index in [0.717, 1.165) is 17.1 Å². The van der Waals surface area contributed by atoms with Gasteiger partial charge in [0.2, 0.25) is 11.8 Å². The SMILES string of the molecule is CC1C(=O)N(NCc2ccc(C(F)(F)F)c(Cl)n2)C(=O)C1C. The van der Waals surface area contributed by atoms with Crippen LogP contribution >= 0.6 is 11.6 Å². The zero-order valence-corrected chi connectivity index (χ0v) is 12.5. The Morgan fingerprint density at radius 3 is 2.23 bits per heavy atom. The fourth-order valence-corrected chi connectivity index (χ4v) is 2.32. The highest BCUT2D eigenvalue weighted by Gasteiger charge is 2.42. The van der Waals surface area contributed by atoms with Crippen molar-refractivity contribution in [1.29, 1.82) is 0 Å². The maximum Gasteiger partial charge on any atom is 0.419 e. The van der Waals surface area contributed by atoms with E-state index in [2.05, 4.69) is 10.4 Å². The van der Waals surface area contributed by atoms with Crippen LogP contribution in [0.2, 0.25) is 5.15 Å². The van der Waals surface area contributed by atoms with Gasteiger partial charge in [-0.15, -0.1) is 0 Å². The highest BCUT2D eigenvalue weighted by Crippen LogP contribution is 2.33. The molecule has 2 atom stereocenters. The molecular weight excluding hydrogens is 323 g/mol. The summed E-state index contributed by atoms with van der Waals surface area (Å²) < 4.78 is 37.7. The molecule has 0 bridgehead atoms. The quantitative estimate of drug-likeness (QED) is 0.680. The Hall–Kier alpha value is -1.67. The predicted molar refractivity (Wildman–Crippen MR) is 71.3 cm³/mol. The lowest BCUT2D eigenvalue weighted by Gasteiger charge is -2.16. The van der Waals surface area contributed by atoms with Crippen LogP contribution in [0.1, 0.15) is 25.1 Å². The van der Waals surface area contributed by atoms with Crippen LogP contribution in [0, 0.1) is 11.8 Å². The minimum atomic E-state index is -4.58. The number of amides is 2. The highest BCUT2D eigenvalue weighted by atomic mass is 35.5. The number of aromatic nitrogens is 1. The molecule has 1 aliphatic heterocycles. The zero-order chi connectivity index (χ0) is 16.7. The number of carbonyl (C=O) groups excluding carboxylic acids is 2. The number of imide groups is 1. The molecule has 2 unspecified atom stereocenters. The number of hydrazine groups is 1. The molecule has 22 heavy (non-hydrogen) atoms. The van der Waals surface area contributed by atoms with E-state index in [1.807, 2.05) is 0 Å². The van der Waals surface area contributed by atoms with Crippen molar-refractivity contribution >= 4 is 23.4 Å². The molecule has 0 radical (unpaired) electrons. The first-order valence-corrected chi connectivity index (χ1v) is 6.84. The third-order valence-electron chi connectivity index (χ3n) is 3.60. The molecule has 2 amide bonds. The van der Waals surface area contributed by atoms with Crippen LogP contribution in [0.4, 0.5) is 13.2 Å². The first kappa shape index (κ1) is 16.7. The van der Waals surface area contributed by atoms with E-state index in [-0.39, 0.29) is 24.1 Å². The molecule has 1 saturated heterocycles. The number of nitrogens with one attached hydrogen (secondary N) is 1. The van der Waals surface area contributed by atoms with Gasteiger partial charge in [0.25, 0.3) is 0 Å². The Morgan fingerprint density at radius 1 is 1.23 bits per heavy atom. The second-order valence-corrected chi connectivity index (χ2v) is 5.42. The minimum Gasteiger partial charge on any atom is -0.273 e. The molecule has 0 aromatic carbocycles. The van der Waals surface area contributed by atoms with E-state index in [9.17, 15) is 22.8 Å². The number of alkyl halides is 3. The smallest absolute Gasteiger partial charge is 0.273 e. The molecule has 1 aromatic heterocycles. The van der Waals surface area contributed by atoms with E-state index in [1.165, 1.54) is 0 Å². The molecule has 1 fully saturated rings. The molecule has 0 saturated carbocycles. The van der Waals surface area contributed by atoms with Gasteiger partial charge in [0.05, 0.1) is 17.8 Å². The van der Waals surface area contributed by atoms with Gasteiger partial charge >= 0.3 is 6.18 Å². The molecule has 5 nitrogen and oxygen atoms in total. The first-order chi connectivity index (χ1) is 10.1. The van der Waals surface area contributed by atoms with Gasteiger partial charge in [0.1, 0.15) is 5.15 Å². The van der Waals surface area contributed by atoms with Crippen LogP contribution in [-0.2, 0) is 22.3 Å². The summed E-state index contributed by atoms with van der Waals surface area (Å²) in [5.74, 6) is -1.64. The second-order valence-electron chi connectivity index (χ2n) is 5.06. The van der Waals surface area contributed by atoms with Crippen molar-refractivity contribution in [1.82, 2.24) is 15.4 Å². The predicted octanol–water partition coefficient (Wildman–Crippen LogP) is 2.40. The summed E-state index contributed by atoms with van der Waals surface area (Å²) in [7, 11) is 0. The number of pyridine rings is 1. The Balaban J connectivity index is 2.08. The molecule has 9 heteroatoms. The van der Waals surface area contributed by atoms with Crippen molar-refractivity contribution in [3.8, 4) is 0 Å². The van der Waals surface area contributed by atoms with Crippen molar-refractivity contribution in [2.45, 2.75) is 26.6 Å². The summed E-state index contributed by atoms with van der Waals surface area (Å²) in [5.41, 5.74) is 1.73. The average molecular weight is 336 g/mol. The van der Waals surface area contributed by atoms with Crippen molar-refractivity contribution in [2.75, 3.05) is 0 Å². The van der Waals surface area contributed by atoms with Crippen LogP contribution in [-0.4, -0.2) is 21.8 Å². The molecule has 0 spiro atoms. The number of nitrogens with zero attached hydrogens (tertiary/aromatic N) is 2. The Bertz CT molecular complexity index is 601. The van der Waals surface area contributed by atoms with Crippen LogP contribution in [0.25, 0.3) is 0 Å². The summed E-state index contributed by atoms with van der Waals surface area (Å²) in [6, 6.07) is 1.95. The van der Waals surface area contributed by atoms with Crippen molar-refractivity contribution in [2.24, 2.45) is 11.8 Å². The largest absolute Gasteiger partial charge is 0.419 e. The van der Waals surface area contributed by atoms with E-state index in [4.69, 9.17) is 11.6 Å². The van der Waals surface area contributed by atoms with Gasteiger partial charge in [-0.25, -0.2) is 15.4 Å². The van der Waals surface area contributed by atoms with E-state index < -0.39 is 28.7 Å². The van der Waals surface area contributed by atoms with Crippen molar-refractivity contribution in [3.63, 3.8) is 0 Å². The van der Waals surface area contributed by atoms with Gasteiger partial charge in [-0.05, 0) is 12.1 Å². The molecular formula is C13H13ClF3N3O2. The van der Waals surface area contributed by atoms with Crippen molar-refractivity contribution in [3.05, 3.63) is 28.5 Å². The Kier molecular flexibility index (Phi) is 4.44. The maximum absolute atomic E-state index is 12.6. The molecule has 1 N–H and O–H groups in total. The van der Waals surface area contributed by atoms with Gasteiger partial charge in [0.15, 0.2) is 0 Å². The summed E-state index contributed by atoms with van der Waals surface area (Å²) in [6.45, 7) is 3.19. The fraction of sp³-hybridized carbons (Fsp3) is 0.462. The lowest BCUT2D eigenvalue weighted by Crippen LogP contribution is -2.42. The normalized spacial score (nSPS) is 22.5. The third kappa shape index (κ3) is 3.07. The number of carbonyl (C=O) groups is 2. The van der Waals surface area contributed by atoms with Crippen molar-refractivity contribution < 1.29 is 22.8 Å². The topological polar surface area (TPSA) is 62.3 Å². The Morgan fingerprint density at radius 2 is 1.77 bits per heavy atom. The standard InChI is InChI=1S/C13H13ClF3N3O2/c1-6-7(2)12(22)20(11(6)21)18-5-8-3-4-9(10(14)19-8)13(15,16)17/h3-4,6-7,18H,5H2,1-2H3. The van der Waals surface area contributed by atoms with Gasteiger partial charge in [-0.2, -0.15) is 13.2 Å². The zero-order valence-electron chi connectivity index (χ0n) is 11.7. The first-order valence-electron chi connectivity index (χ1n) is 6.47. The Labute approximate surface area is 129 Å². The molecule has 0 aliphatic carbocycles. The molecule has 1 aliphatic rings. The number of hydrogen-bond donors (Lipinski definition) is 1. The highest BCUT2D eigenvalue weighted by molar-refractivity contribution is 6.30. The summed E-state index contributed by atoms with van der Waals surface area (Å²) >= 11 is 5.51. The molecule has 1 aromatic rings. The fourth-order valence-electron chi connectivity index (χ4n) is 2.04. The van der Waals surface area contributed by atoms with Crippen LogP contribution < -0.4 is 5.43 Å². The number of halogens is 4. The second kappa shape index (κ2) is 5.85. The molecule has 2 heterocycles. The monoisotopic (exact) mass is 335 g/mol. The van der Waals surface area contributed by atoms with E-state index >= 15 is 0 Å². The summed E-state index contributed by atoms with van der Waals surface area (Å²) in [6.07, 6.45) is -4.58. The molecule has 120 valence electrons. The maximum atomic E-state index is 12.6.